The van der Waals surface area contributed by atoms with Crippen LogP contribution in [0.4, 0.5) is 5.69 Å². The fourth-order valence-electron chi connectivity index (χ4n) is 4.00. The molecule has 0 bridgehead atoms. The lowest BCUT2D eigenvalue weighted by atomic mass is 9.92. The summed E-state index contributed by atoms with van der Waals surface area (Å²) in [4.78, 5) is 2.42. The molecule has 3 rings (SSSR count). The Kier molecular flexibility index (Phi) is 3.37. The Morgan fingerprint density at radius 3 is 2.95 bits per heavy atom. The average Bonchev–Trinajstić information content (AvgIpc) is 2.79. The van der Waals surface area contributed by atoms with Crippen LogP contribution in [0.25, 0.3) is 0 Å². The molecule has 2 fully saturated rings. The van der Waals surface area contributed by atoms with E-state index in [1.165, 1.54) is 11.8 Å². The first-order valence-electron chi connectivity index (χ1n) is 7.28. The van der Waals surface area contributed by atoms with Gasteiger partial charge in [0.1, 0.15) is 0 Å². The van der Waals surface area contributed by atoms with E-state index in [0.29, 0.717) is 17.5 Å². The van der Waals surface area contributed by atoms with Crippen molar-refractivity contribution < 1.29 is 8.42 Å². The van der Waals surface area contributed by atoms with Crippen molar-refractivity contribution in [1.29, 1.82) is 0 Å². The SMILES string of the molecule is C=CCN1CC2C(C)C2(c2cccc(NS(C)(=O)=O)c2)C1. The van der Waals surface area contributed by atoms with Gasteiger partial charge in [-0.25, -0.2) is 8.42 Å². The molecule has 0 amide bonds. The average molecular weight is 306 g/mol. The van der Waals surface area contributed by atoms with Gasteiger partial charge in [0.25, 0.3) is 0 Å². The van der Waals surface area contributed by atoms with Crippen molar-refractivity contribution in [3.63, 3.8) is 0 Å². The molecule has 1 N–H and O–H groups in total. The van der Waals surface area contributed by atoms with Gasteiger partial charge >= 0.3 is 0 Å². The molecule has 0 aromatic heterocycles. The largest absolute Gasteiger partial charge is 0.298 e. The summed E-state index contributed by atoms with van der Waals surface area (Å²) in [6.07, 6.45) is 3.13. The third-order valence-electron chi connectivity index (χ3n) is 5.00. The zero-order chi connectivity index (χ0) is 15.3. The molecule has 1 heterocycles. The second-order valence-corrected chi connectivity index (χ2v) is 8.12. The van der Waals surface area contributed by atoms with E-state index in [1.54, 1.807) is 6.07 Å². The maximum atomic E-state index is 11.4. The van der Waals surface area contributed by atoms with Crippen molar-refractivity contribution in [1.82, 2.24) is 4.90 Å². The van der Waals surface area contributed by atoms with Crippen molar-refractivity contribution in [2.45, 2.75) is 12.3 Å². The molecule has 2 aliphatic rings. The van der Waals surface area contributed by atoms with Crippen LogP contribution < -0.4 is 4.72 Å². The number of nitrogens with one attached hydrogen (secondary N) is 1. The fraction of sp³-hybridized carbons (Fsp3) is 0.500. The first-order chi connectivity index (χ1) is 9.87. The molecular weight excluding hydrogens is 284 g/mol. The monoisotopic (exact) mass is 306 g/mol. The number of fused-ring (bicyclic) bond motifs is 1. The highest BCUT2D eigenvalue weighted by Gasteiger charge is 2.66. The van der Waals surface area contributed by atoms with Crippen LogP contribution in [0.15, 0.2) is 36.9 Å². The number of sulfonamides is 1. The predicted molar refractivity (Wildman–Crippen MR) is 85.9 cm³/mol. The minimum Gasteiger partial charge on any atom is -0.298 e. The van der Waals surface area contributed by atoms with Gasteiger partial charge in [0.2, 0.25) is 10.0 Å². The fourth-order valence-corrected chi connectivity index (χ4v) is 4.55. The molecule has 0 radical (unpaired) electrons. The summed E-state index contributed by atoms with van der Waals surface area (Å²) in [7, 11) is -3.23. The number of nitrogens with zero attached hydrogens (tertiary/aromatic N) is 1. The van der Waals surface area contributed by atoms with Crippen molar-refractivity contribution in [2.75, 3.05) is 30.6 Å². The van der Waals surface area contributed by atoms with E-state index in [9.17, 15) is 8.42 Å². The summed E-state index contributed by atoms with van der Waals surface area (Å²) in [6, 6.07) is 7.87. The number of benzene rings is 1. The summed E-state index contributed by atoms with van der Waals surface area (Å²) in [6.45, 7) is 9.18. The van der Waals surface area contributed by atoms with E-state index in [-0.39, 0.29) is 5.41 Å². The van der Waals surface area contributed by atoms with Gasteiger partial charge in [-0.15, -0.1) is 6.58 Å². The van der Waals surface area contributed by atoms with Gasteiger partial charge < -0.3 is 0 Å². The molecule has 0 spiro atoms. The molecule has 21 heavy (non-hydrogen) atoms. The second-order valence-electron chi connectivity index (χ2n) is 6.37. The predicted octanol–water partition coefficient (Wildman–Crippen LogP) is 2.06. The van der Waals surface area contributed by atoms with Gasteiger partial charge in [-0.3, -0.25) is 9.62 Å². The lowest BCUT2D eigenvalue weighted by Crippen LogP contribution is -2.28. The minimum atomic E-state index is -3.23. The molecule has 114 valence electrons. The van der Waals surface area contributed by atoms with Crippen LogP contribution >= 0.6 is 0 Å². The van der Waals surface area contributed by atoms with Gasteiger partial charge in [-0.05, 0) is 29.5 Å². The highest BCUT2D eigenvalue weighted by atomic mass is 32.2. The van der Waals surface area contributed by atoms with Crippen molar-refractivity contribution in [3.8, 4) is 0 Å². The number of rotatable bonds is 5. The van der Waals surface area contributed by atoms with Crippen LogP contribution in [0.5, 0.6) is 0 Å². The van der Waals surface area contributed by atoms with Crippen molar-refractivity contribution >= 4 is 15.7 Å². The van der Waals surface area contributed by atoms with Crippen LogP contribution in [0.2, 0.25) is 0 Å². The Balaban J connectivity index is 1.87. The molecule has 1 aliphatic carbocycles. The Morgan fingerprint density at radius 2 is 2.29 bits per heavy atom. The number of anilines is 1. The standard InChI is InChI=1S/C16H22N2O2S/c1-4-8-18-10-15-12(2)16(15,11-18)13-6-5-7-14(9-13)17-21(3,19)20/h4-7,9,12,15,17H,1,8,10-11H2,2-3H3. The van der Waals surface area contributed by atoms with E-state index in [4.69, 9.17) is 0 Å². The van der Waals surface area contributed by atoms with Crippen LogP contribution in [-0.2, 0) is 15.4 Å². The minimum absolute atomic E-state index is 0.193. The zero-order valence-corrected chi connectivity index (χ0v) is 13.4. The summed E-state index contributed by atoms with van der Waals surface area (Å²) >= 11 is 0. The first kappa shape index (κ1) is 14.6. The normalized spacial score (nSPS) is 31.7. The number of likely N-dealkylation sites (tertiary alicyclic amines) is 1. The molecule has 4 nitrogen and oxygen atoms in total. The number of hydrogen-bond donors (Lipinski definition) is 1. The van der Waals surface area contributed by atoms with Gasteiger partial charge in [0.05, 0.1) is 6.26 Å². The maximum absolute atomic E-state index is 11.4. The second kappa shape index (κ2) is 4.85. The number of hydrogen-bond acceptors (Lipinski definition) is 3. The molecule has 3 unspecified atom stereocenters. The molecule has 1 aromatic carbocycles. The molecule has 1 aromatic rings. The Hall–Kier alpha value is -1.33. The van der Waals surface area contributed by atoms with Crippen LogP contribution in [0, 0.1) is 11.8 Å². The van der Waals surface area contributed by atoms with E-state index < -0.39 is 10.0 Å². The van der Waals surface area contributed by atoms with Crippen LogP contribution in [0.1, 0.15) is 12.5 Å². The van der Waals surface area contributed by atoms with Crippen LogP contribution in [-0.4, -0.2) is 39.2 Å². The van der Waals surface area contributed by atoms with Gasteiger partial charge in [0.15, 0.2) is 0 Å². The smallest absolute Gasteiger partial charge is 0.229 e. The van der Waals surface area contributed by atoms with E-state index in [2.05, 4.69) is 29.2 Å². The third-order valence-corrected chi connectivity index (χ3v) is 5.61. The highest BCUT2D eigenvalue weighted by Crippen LogP contribution is 2.63. The van der Waals surface area contributed by atoms with Crippen LogP contribution in [0.3, 0.4) is 0 Å². The molecule has 1 aliphatic heterocycles. The third kappa shape index (κ3) is 2.49. The van der Waals surface area contributed by atoms with E-state index in [1.807, 2.05) is 18.2 Å². The van der Waals surface area contributed by atoms with E-state index in [0.717, 1.165) is 19.6 Å². The van der Waals surface area contributed by atoms with Crippen molar-refractivity contribution in [3.05, 3.63) is 42.5 Å². The quantitative estimate of drug-likeness (QED) is 0.847. The van der Waals surface area contributed by atoms with Gasteiger partial charge in [-0.1, -0.05) is 25.1 Å². The lowest BCUT2D eigenvalue weighted by Gasteiger charge is -2.22. The molecule has 5 heteroatoms. The maximum Gasteiger partial charge on any atom is 0.229 e. The van der Waals surface area contributed by atoms with Gasteiger partial charge in [-0.2, -0.15) is 0 Å². The van der Waals surface area contributed by atoms with Crippen molar-refractivity contribution in [2.24, 2.45) is 11.8 Å². The Labute approximate surface area is 126 Å². The summed E-state index contributed by atoms with van der Waals surface area (Å²) in [5.74, 6) is 1.33. The lowest BCUT2D eigenvalue weighted by molar-refractivity contribution is 0.309. The summed E-state index contributed by atoms with van der Waals surface area (Å²) in [5, 5.41) is 0. The topological polar surface area (TPSA) is 49.4 Å². The summed E-state index contributed by atoms with van der Waals surface area (Å²) in [5.41, 5.74) is 2.10. The first-order valence-corrected chi connectivity index (χ1v) is 9.17. The molecule has 1 saturated heterocycles. The zero-order valence-electron chi connectivity index (χ0n) is 12.5. The molecular formula is C16H22N2O2S. The van der Waals surface area contributed by atoms with Gasteiger partial charge in [0, 0.05) is 30.7 Å². The molecule has 3 atom stereocenters. The van der Waals surface area contributed by atoms with E-state index >= 15 is 0 Å². The Bertz CT molecular complexity index is 671. The molecule has 1 saturated carbocycles. The summed E-state index contributed by atoms with van der Waals surface area (Å²) < 4.78 is 25.4. The number of piperidine rings is 1. The highest BCUT2D eigenvalue weighted by molar-refractivity contribution is 7.92. The Morgan fingerprint density at radius 1 is 1.52 bits per heavy atom.